The van der Waals surface area contributed by atoms with Gasteiger partial charge in [0.05, 0.1) is 12.7 Å². The minimum Gasteiger partial charge on any atom is -0.465 e. The smallest absolute Gasteiger partial charge is 0.341 e. The molecule has 8 heteroatoms. The molecule has 2 aromatic rings. The second-order valence-corrected chi connectivity index (χ2v) is 6.87. The van der Waals surface area contributed by atoms with E-state index in [2.05, 4.69) is 15.7 Å². The summed E-state index contributed by atoms with van der Waals surface area (Å²) < 4.78 is 6.64. The summed E-state index contributed by atoms with van der Waals surface area (Å²) in [5, 5.41) is 11.5. The molecule has 0 atom stereocenters. The van der Waals surface area contributed by atoms with Crippen LogP contribution in [0.5, 0.6) is 0 Å². The summed E-state index contributed by atoms with van der Waals surface area (Å²) in [7, 11) is 3.24. The van der Waals surface area contributed by atoms with Crippen molar-refractivity contribution < 1.29 is 9.53 Å². The fourth-order valence-electron chi connectivity index (χ4n) is 2.70. The lowest BCUT2D eigenvalue weighted by atomic mass is 9.95. The van der Waals surface area contributed by atoms with Crippen molar-refractivity contribution in [2.24, 2.45) is 7.05 Å². The van der Waals surface area contributed by atoms with Crippen LogP contribution >= 0.6 is 23.6 Å². The molecule has 0 spiro atoms. The van der Waals surface area contributed by atoms with E-state index in [9.17, 15) is 4.79 Å². The fourth-order valence-corrected chi connectivity index (χ4v) is 4.26. The maximum absolute atomic E-state index is 12.2. The number of anilines is 2. The van der Waals surface area contributed by atoms with Gasteiger partial charge in [-0.25, -0.2) is 4.79 Å². The SMILES string of the molecule is COC(=O)c1c(NC(=S)Nc2ccn(C)n2)sc2c1CCCC2. The molecule has 1 aliphatic rings. The molecule has 1 aliphatic carbocycles. The van der Waals surface area contributed by atoms with Gasteiger partial charge in [0, 0.05) is 24.2 Å². The molecule has 0 saturated heterocycles. The van der Waals surface area contributed by atoms with E-state index in [1.54, 1.807) is 16.0 Å². The molecule has 0 radical (unpaired) electrons. The molecule has 2 aromatic heterocycles. The molecule has 0 bridgehead atoms. The van der Waals surface area contributed by atoms with E-state index in [1.807, 2.05) is 19.3 Å². The summed E-state index contributed by atoms with van der Waals surface area (Å²) in [6.07, 6.45) is 6.01. The first-order valence-corrected chi connectivity index (χ1v) is 8.61. The van der Waals surface area contributed by atoms with Crippen molar-refractivity contribution in [3.63, 3.8) is 0 Å². The number of methoxy groups -OCH3 is 1. The van der Waals surface area contributed by atoms with Crippen LogP contribution in [0.4, 0.5) is 10.8 Å². The summed E-state index contributed by atoms with van der Waals surface area (Å²) in [6, 6.07) is 1.83. The number of carbonyl (C=O) groups excluding carboxylic acids is 1. The second-order valence-electron chi connectivity index (χ2n) is 5.36. The van der Waals surface area contributed by atoms with Crippen LogP contribution in [0.2, 0.25) is 0 Å². The summed E-state index contributed by atoms with van der Waals surface area (Å²) in [5.74, 6) is 0.346. The van der Waals surface area contributed by atoms with Crippen LogP contribution in [-0.4, -0.2) is 28.0 Å². The minimum absolute atomic E-state index is 0.312. The molecule has 0 unspecified atom stereocenters. The van der Waals surface area contributed by atoms with E-state index in [0.29, 0.717) is 16.5 Å². The van der Waals surface area contributed by atoms with Gasteiger partial charge in [0.25, 0.3) is 0 Å². The lowest BCUT2D eigenvalue weighted by molar-refractivity contribution is 0.0601. The highest BCUT2D eigenvalue weighted by Crippen LogP contribution is 2.38. The van der Waals surface area contributed by atoms with Gasteiger partial charge in [-0.05, 0) is 43.5 Å². The lowest BCUT2D eigenvalue weighted by Crippen LogP contribution is -2.20. The number of carbonyl (C=O) groups is 1. The van der Waals surface area contributed by atoms with E-state index in [1.165, 1.54) is 12.0 Å². The van der Waals surface area contributed by atoms with E-state index < -0.39 is 0 Å². The highest BCUT2D eigenvalue weighted by Gasteiger charge is 2.26. The fraction of sp³-hybridized carbons (Fsp3) is 0.400. The number of nitrogens with one attached hydrogen (secondary N) is 2. The van der Waals surface area contributed by atoms with Gasteiger partial charge in [-0.1, -0.05) is 0 Å². The van der Waals surface area contributed by atoms with Crippen LogP contribution in [0.1, 0.15) is 33.6 Å². The Hall–Kier alpha value is -1.93. The first-order valence-electron chi connectivity index (χ1n) is 7.39. The molecule has 2 N–H and O–H groups in total. The zero-order valence-corrected chi connectivity index (χ0v) is 14.6. The van der Waals surface area contributed by atoms with E-state index >= 15 is 0 Å². The van der Waals surface area contributed by atoms with E-state index in [4.69, 9.17) is 17.0 Å². The van der Waals surface area contributed by atoms with Gasteiger partial charge in [-0.15, -0.1) is 11.3 Å². The lowest BCUT2D eigenvalue weighted by Gasteiger charge is -2.12. The minimum atomic E-state index is -0.312. The second kappa shape index (κ2) is 6.67. The van der Waals surface area contributed by atoms with Gasteiger partial charge < -0.3 is 15.4 Å². The van der Waals surface area contributed by atoms with Crippen molar-refractivity contribution in [1.82, 2.24) is 9.78 Å². The summed E-state index contributed by atoms with van der Waals surface area (Å²) in [4.78, 5) is 13.4. The quantitative estimate of drug-likeness (QED) is 0.655. The summed E-state index contributed by atoms with van der Waals surface area (Å²) in [6.45, 7) is 0. The topological polar surface area (TPSA) is 68.2 Å². The van der Waals surface area contributed by atoms with Gasteiger partial charge in [-0.3, -0.25) is 4.68 Å². The molecule has 0 amide bonds. The van der Waals surface area contributed by atoms with Gasteiger partial charge in [0.2, 0.25) is 0 Å². The summed E-state index contributed by atoms with van der Waals surface area (Å²) >= 11 is 6.92. The number of hydrogen-bond donors (Lipinski definition) is 2. The largest absolute Gasteiger partial charge is 0.465 e. The van der Waals surface area contributed by atoms with E-state index in [-0.39, 0.29) is 5.97 Å². The van der Waals surface area contributed by atoms with Crippen LogP contribution in [0.25, 0.3) is 0 Å². The Labute approximate surface area is 143 Å². The molecule has 6 nitrogen and oxygen atoms in total. The number of thiophene rings is 1. The maximum Gasteiger partial charge on any atom is 0.341 e. The molecule has 0 aliphatic heterocycles. The van der Waals surface area contributed by atoms with Crippen molar-refractivity contribution in [1.29, 1.82) is 0 Å². The van der Waals surface area contributed by atoms with Crippen molar-refractivity contribution >= 4 is 45.5 Å². The Morgan fingerprint density at radius 1 is 1.39 bits per heavy atom. The number of hydrogen-bond acceptors (Lipinski definition) is 5. The highest BCUT2D eigenvalue weighted by molar-refractivity contribution is 7.80. The van der Waals surface area contributed by atoms with Crippen LogP contribution < -0.4 is 10.6 Å². The van der Waals surface area contributed by atoms with Crippen LogP contribution in [0.15, 0.2) is 12.3 Å². The molecule has 3 rings (SSSR count). The number of aryl methyl sites for hydroxylation is 2. The van der Waals surface area contributed by atoms with Gasteiger partial charge >= 0.3 is 5.97 Å². The molecule has 0 fully saturated rings. The Morgan fingerprint density at radius 2 is 2.17 bits per heavy atom. The maximum atomic E-state index is 12.2. The third-order valence-corrected chi connectivity index (χ3v) is 5.15. The third-order valence-electron chi connectivity index (χ3n) is 3.74. The van der Waals surface area contributed by atoms with Gasteiger partial charge in [0.15, 0.2) is 10.9 Å². The Kier molecular flexibility index (Phi) is 4.63. The number of rotatable bonds is 3. The molecule has 0 saturated carbocycles. The number of fused-ring (bicyclic) bond motifs is 1. The first-order chi connectivity index (χ1) is 11.1. The van der Waals surface area contributed by atoms with Crippen molar-refractivity contribution in [2.45, 2.75) is 25.7 Å². The van der Waals surface area contributed by atoms with Crippen molar-refractivity contribution in [3.8, 4) is 0 Å². The third kappa shape index (κ3) is 3.37. The number of ether oxygens (including phenoxy) is 1. The van der Waals surface area contributed by atoms with Gasteiger partial charge in [0.1, 0.15) is 5.00 Å². The number of nitrogens with zero attached hydrogens (tertiary/aromatic N) is 2. The van der Waals surface area contributed by atoms with Crippen LogP contribution in [0, 0.1) is 0 Å². The Balaban J connectivity index is 1.82. The van der Waals surface area contributed by atoms with Crippen LogP contribution in [-0.2, 0) is 24.6 Å². The molecule has 122 valence electrons. The van der Waals surface area contributed by atoms with E-state index in [0.717, 1.165) is 36.2 Å². The molecular weight excluding hydrogens is 332 g/mol. The molecule has 23 heavy (non-hydrogen) atoms. The Morgan fingerprint density at radius 3 is 2.87 bits per heavy atom. The summed E-state index contributed by atoms with van der Waals surface area (Å²) in [5.41, 5.74) is 1.73. The zero-order valence-electron chi connectivity index (χ0n) is 13.0. The molecule has 0 aromatic carbocycles. The number of thiocarbonyl (C=S) groups is 1. The Bertz CT molecular complexity index is 751. The monoisotopic (exact) mass is 350 g/mol. The zero-order chi connectivity index (χ0) is 16.4. The average molecular weight is 350 g/mol. The standard InChI is InChI=1S/C15H18N4O2S2/c1-19-8-7-11(18-19)16-15(22)17-13-12(14(20)21-2)9-5-3-4-6-10(9)23-13/h7-8H,3-6H2,1-2H3,(H2,16,17,18,22). The highest BCUT2D eigenvalue weighted by atomic mass is 32.1. The predicted octanol–water partition coefficient (Wildman–Crippen LogP) is 2.96. The normalized spacial score (nSPS) is 13.3. The van der Waals surface area contributed by atoms with Gasteiger partial charge in [-0.2, -0.15) is 5.10 Å². The van der Waals surface area contributed by atoms with Crippen molar-refractivity contribution in [2.75, 3.05) is 17.7 Å². The molecular formula is C15H18N4O2S2. The number of esters is 1. The van der Waals surface area contributed by atoms with Crippen molar-refractivity contribution in [3.05, 3.63) is 28.3 Å². The van der Waals surface area contributed by atoms with Crippen LogP contribution in [0.3, 0.4) is 0 Å². The predicted molar refractivity (Wildman–Crippen MR) is 95.4 cm³/mol. The molecule has 2 heterocycles. The number of aromatic nitrogens is 2. The average Bonchev–Trinajstić information content (AvgIpc) is 3.09. The first kappa shape index (κ1) is 15.9.